The van der Waals surface area contributed by atoms with Gasteiger partial charge in [-0.05, 0) is 19.4 Å². The van der Waals surface area contributed by atoms with Gasteiger partial charge in [0.25, 0.3) is 0 Å². The number of rotatable bonds is 1. The van der Waals surface area contributed by atoms with Gasteiger partial charge in [-0.3, -0.25) is 4.79 Å². The normalized spacial score (nSPS) is 23.5. The fourth-order valence-corrected chi connectivity index (χ4v) is 1.08. The fraction of sp³-hybridized carbons (Fsp3) is 0.833. The maximum absolute atomic E-state index is 10.8. The summed E-state index contributed by atoms with van der Waals surface area (Å²) in [5, 5.41) is 5.70. The van der Waals surface area contributed by atoms with Gasteiger partial charge in [0, 0.05) is 7.05 Å². The van der Waals surface area contributed by atoms with Crippen LogP contribution in [0, 0.1) is 0 Å². The second-order valence-corrected chi connectivity index (χ2v) is 2.26. The molecule has 1 amide bonds. The van der Waals surface area contributed by atoms with Crippen LogP contribution in [0.15, 0.2) is 0 Å². The molecule has 1 aliphatic rings. The molecule has 4 heteroatoms. The molecule has 0 radical (unpaired) electrons. The second-order valence-electron chi connectivity index (χ2n) is 2.26. The number of halogens is 1. The molecule has 1 saturated heterocycles. The maximum Gasteiger partial charge on any atom is 0.236 e. The van der Waals surface area contributed by atoms with Crippen LogP contribution in [-0.4, -0.2) is 25.5 Å². The highest BCUT2D eigenvalue weighted by atomic mass is 35.5. The molecule has 0 aromatic heterocycles. The molecule has 60 valence electrons. The molecule has 1 heterocycles. The third-order valence-electron chi connectivity index (χ3n) is 1.62. The first-order valence-corrected chi connectivity index (χ1v) is 3.29. The molecular formula is C6H13ClN2O. The van der Waals surface area contributed by atoms with Crippen LogP contribution in [0.5, 0.6) is 0 Å². The summed E-state index contributed by atoms with van der Waals surface area (Å²) in [4.78, 5) is 10.8. The summed E-state index contributed by atoms with van der Waals surface area (Å²) < 4.78 is 0. The van der Waals surface area contributed by atoms with Crippen molar-refractivity contribution < 1.29 is 4.79 Å². The van der Waals surface area contributed by atoms with Crippen molar-refractivity contribution in [3.63, 3.8) is 0 Å². The van der Waals surface area contributed by atoms with Gasteiger partial charge in [0.05, 0.1) is 6.04 Å². The Bertz CT molecular complexity index is 112. The van der Waals surface area contributed by atoms with E-state index in [9.17, 15) is 4.79 Å². The highest BCUT2D eigenvalue weighted by Gasteiger charge is 2.19. The average Bonchev–Trinajstić information content (AvgIpc) is 2.37. The van der Waals surface area contributed by atoms with Gasteiger partial charge in [-0.15, -0.1) is 12.4 Å². The highest BCUT2D eigenvalue weighted by molar-refractivity contribution is 5.85. The summed E-state index contributed by atoms with van der Waals surface area (Å²) in [5.41, 5.74) is 0. The lowest BCUT2D eigenvalue weighted by atomic mass is 10.2. The van der Waals surface area contributed by atoms with Gasteiger partial charge in [0.1, 0.15) is 0 Å². The van der Waals surface area contributed by atoms with E-state index in [1.807, 2.05) is 0 Å². The van der Waals surface area contributed by atoms with Crippen molar-refractivity contribution in [1.82, 2.24) is 10.6 Å². The van der Waals surface area contributed by atoms with Crippen molar-refractivity contribution in [1.29, 1.82) is 0 Å². The molecule has 3 nitrogen and oxygen atoms in total. The SMILES string of the molecule is CNC(=O)[C@H]1CCCN1.Cl. The predicted molar refractivity (Wildman–Crippen MR) is 42.3 cm³/mol. The van der Waals surface area contributed by atoms with Gasteiger partial charge in [0.2, 0.25) is 5.91 Å². The lowest BCUT2D eigenvalue weighted by Gasteiger charge is -2.05. The molecular weight excluding hydrogens is 152 g/mol. The molecule has 0 aromatic rings. The van der Waals surface area contributed by atoms with Crippen LogP contribution < -0.4 is 10.6 Å². The Morgan fingerprint density at radius 2 is 2.40 bits per heavy atom. The number of likely N-dealkylation sites (N-methyl/N-ethyl adjacent to an activating group) is 1. The topological polar surface area (TPSA) is 41.1 Å². The largest absolute Gasteiger partial charge is 0.358 e. The molecule has 0 aliphatic carbocycles. The van der Waals surface area contributed by atoms with Gasteiger partial charge in [-0.1, -0.05) is 0 Å². The maximum atomic E-state index is 10.8. The summed E-state index contributed by atoms with van der Waals surface area (Å²) in [6.45, 7) is 0.984. The van der Waals surface area contributed by atoms with E-state index in [2.05, 4.69) is 10.6 Å². The zero-order valence-electron chi connectivity index (χ0n) is 6.02. The van der Waals surface area contributed by atoms with Crippen LogP contribution in [-0.2, 0) is 4.79 Å². The smallest absolute Gasteiger partial charge is 0.236 e. The Morgan fingerprint density at radius 3 is 2.80 bits per heavy atom. The van der Waals surface area contributed by atoms with E-state index in [4.69, 9.17) is 0 Å². The van der Waals surface area contributed by atoms with E-state index in [1.54, 1.807) is 7.05 Å². The number of hydrogen-bond donors (Lipinski definition) is 2. The Kier molecular flexibility index (Phi) is 4.40. The number of nitrogens with one attached hydrogen (secondary N) is 2. The Morgan fingerprint density at radius 1 is 1.70 bits per heavy atom. The van der Waals surface area contributed by atoms with Crippen molar-refractivity contribution in [2.45, 2.75) is 18.9 Å². The van der Waals surface area contributed by atoms with E-state index in [1.165, 1.54) is 0 Å². The molecule has 10 heavy (non-hydrogen) atoms. The number of carbonyl (C=O) groups is 1. The molecule has 0 aromatic carbocycles. The highest BCUT2D eigenvalue weighted by Crippen LogP contribution is 2.03. The van der Waals surface area contributed by atoms with Gasteiger partial charge >= 0.3 is 0 Å². The van der Waals surface area contributed by atoms with Crippen molar-refractivity contribution >= 4 is 18.3 Å². The summed E-state index contributed by atoms with van der Waals surface area (Å²) in [5.74, 6) is 0.118. The minimum atomic E-state index is 0. The molecule has 1 rings (SSSR count). The lowest BCUT2D eigenvalue weighted by Crippen LogP contribution is -2.38. The molecule has 0 saturated carbocycles. The first-order chi connectivity index (χ1) is 4.34. The van der Waals surface area contributed by atoms with Gasteiger partial charge in [-0.25, -0.2) is 0 Å². The molecule has 1 fully saturated rings. The van der Waals surface area contributed by atoms with Crippen LogP contribution in [0.25, 0.3) is 0 Å². The van der Waals surface area contributed by atoms with E-state index in [0.29, 0.717) is 0 Å². The van der Waals surface area contributed by atoms with E-state index in [0.717, 1.165) is 19.4 Å². The summed E-state index contributed by atoms with van der Waals surface area (Å²) in [6, 6.07) is 0.0787. The zero-order chi connectivity index (χ0) is 6.69. The lowest BCUT2D eigenvalue weighted by molar-refractivity contribution is -0.122. The molecule has 0 spiro atoms. The summed E-state index contributed by atoms with van der Waals surface area (Å²) >= 11 is 0. The van der Waals surface area contributed by atoms with Crippen LogP contribution in [0.2, 0.25) is 0 Å². The molecule has 1 aliphatic heterocycles. The minimum Gasteiger partial charge on any atom is -0.358 e. The number of hydrogen-bond acceptors (Lipinski definition) is 2. The van der Waals surface area contributed by atoms with Crippen LogP contribution in [0.4, 0.5) is 0 Å². The van der Waals surface area contributed by atoms with E-state index in [-0.39, 0.29) is 24.4 Å². The zero-order valence-corrected chi connectivity index (χ0v) is 6.83. The van der Waals surface area contributed by atoms with Gasteiger partial charge in [-0.2, -0.15) is 0 Å². The van der Waals surface area contributed by atoms with E-state index < -0.39 is 0 Å². The monoisotopic (exact) mass is 164 g/mol. The van der Waals surface area contributed by atoms with Crippen LogP contribution >= 0.6 is 12.4 Å². The van der Waals surface area contributed by atoms with Crippen molar-refractivity contribution in [2.24, 2.45) is 0 Å². The predicted octanol–water partition coefficient (Wildman–Crippen LogP) is -0.0938. The van der Waals surface area contributed by atoms with Crippen molar-refractivity contribution in [3.8, 4) is 0 Å². The Hall–Kier alpha value is -0.280. The standard InChI is InChI=1S/C6H12N2O.ClH/c1-7-6(9)5-3-2-4-8-5;/h5,8H,2-4H2,1H3,(H,7,9);1H/t5-;/m1./s1. The fourth-order valence-electron chi connectivity index (χ4n) is 1.08. The summed E-state index contributed by atoms with van der Waals surface area (Å²) in [6.07, 6.45) is 2.11. The van der Waals surface area contributed by atoms with Crippen molar-refractivity contribution in [3.05, 3.63) is 0 Å². The third-order valence-corrected chi connectivity index (χ3v) is 1.62. The van der Waals surface area contributed by atoms with Gasteiger partial charge < -0.3 is 10.6 Å². The molecule has 0 unspecified atom stereocenters. The third kappa shape index (κ3) is 2.15. The average molecular weight is 165 g/mol. The van der Waals surface area contributed by atoms with Gasteiger partial charge in [0.15, 0.2) is 0 Å². The number of carbonyl (C=O) groups excluding carboxylic acids is 1. The van der Waals surface area contributed by atoms with Crippen LogP contribution in [0.1, 0.15) is 12.8 Å². The molecule has 0 bridgehead atoms. The first-order valence-electron chi connectivity index (χ1n) is 3.29. The van der Waals surface area contributed by atoms with Crippen LogP contribution in [0.3, 0.4) is 0 Å². The Balaban J connectivity index is 0.000000810. The quantitative estimate of drug-likeness (QED) is 0.569. The second kappa shape index (κ2) is 4.52. The Labute approximate surface area is 67.0 Å². The molecule has 1 atom stereocenters. The number of amides is 1. The summed E-state index contributed by atoms with van der Waals surface area (Å²) in [7, 11) is 1.67. The van der Waals surface area contributed by atoms with E-state index >= 15 is 0 Å². The first kappa shape index (κ1) is 9.72. The minimum absolute atomic E-state index is 0. The molecule has 2 N–H and O–H groups in total. The van der Waals surface area contributed by atoms with Crippen molar-refractivity contribution in [2.75, 3.05) is 13.6 Å².